The molecule has 2 aromatic carbocycles. The Balaban J connectivity index is 1.76. The number of aromatic nitrogens is 1. The third-order valence-corrected chi connectivity index (χ3v) is 5.40. The summed E-state index contributed by atoms with van der Waals surface area (Å²) in [7, 11) is 0. The minimum Gasteiger partial charge on any atom is -0.462 e. The van der Waals surface area contributed by atoms with Crippen LogP contribution in [0.5, 0.6) is 0 Å². The second-order valence-corrected chi connectivity index (χ2v) is 7.56. The van der Waals surface area contributed by atoms with Crippen LogP contribution in [0.1, 0.15) is 24.8 Å². The van der Waals surface area contributed by atoms with Crippen LogP contribution >= 0.6 is 0 Å². The molecule has 6 heteroatoms. The number of esters is 1. The summed E-state index contributed by atoms with van der Waals surface area (Å²) in [5, 5.41) is 9.88. The van der Waals surface area contributed by atoms with Gasteiger partial charge in [0, 0.05) is 18.2 Å². The summed E-state index contributed by atoms with van der Waals surface area (Å²) in [5.74, 6) is -0.373. The second kappa shape index (κ2) is 8.55. The van der Waals surface area contributed by atoms with Gasteiger partial charge in [-0.25, -0.2) is 4.79 Å². The fraction of sp³-hybridized carbons (Fsp3) is 0.250. The average Bonchev–Trinajstić information content (AvgIpc) is 3.13. The number of aliphatic hydroxyl groups is 1. The molecule has 1 fully saturated rings. The van der Waals surface area contributed by atoms with Gasteiger partial charge in [-0.3, -0.25) is 9.36 Å². The number of nitrogens with zero attached hydrogens (tertiary/aromatic N) is 1. The fourth-order valence-electron chi connectivity index (χ4n) is 4.08. The standard InChI is InChI=1S/C24H24N2O4/c25-24(29)26-15-18(11-12-20-13-19(27)14-21(28)30-20)22(16-7-3-1-4-8-16)23(26)17-9-5-2-6-10-17/h1-10,15,19-20,27H,11-14H2,(H2,25,29). The summed E-state index contributed by atoms with van der Waals surface area (Å²) in [6, 6.07) is 19.0. The van der Waals surface area contributed by atoms with Crippen molar-refractivity contribution in [2.45, 2.75) is 37.9 Å². The van der Waals surface area contributed by atoms with E-state index in [1.54, 1.807) is 6.20 Å². The Morgan fingerprint density at radius 1 is 1.07 bits per heavy atom. The summed E-state index contributed by atoms with van der Waals surface area (Å²) in [6.45, 7) is 0. The molecule has 154 valence electrons. The first-order valence-electron chi connectivity index (χ1n) is 10.1. The molecule has 4 rings (SSSR count). The molecule has 1 amide bonds. The molecular weight excluding hydrogens is 380 g/mol. The van der Waals surface area contributed by atoms with Gasteiger partial charge in [0.2, 0.25) is 0 Å². The highest BCUT2D eigenvalue weighted by Gasteiger charge is 2.28. The first-order valence-corrected chi connectivity index (χ1v) is 10.1. The monoisotopic (exact) mass is 404 g/mol. The van der Waals surface area contributed by atoms with Crippen LogP contribution in [0, 0.1) is 0 Å². The quantitative estimate of drug-likeness (QED) is 0.633. The predicted molar refractivity (Wildman–Crippen MR) is 114 cm³/mol. The lowest BCUT2D eigenvalue weighted by Crippen LogP contribution is -2.32. The van der Waals surface area contributed by atoms with Gasteiger partial charge in [0.15, 0.2) is 0 Å². The Bertz CT molecular complexity index is 1040. The lowest BCUT2D eigenvalue weighted by molar-refractivity contribution is -0.160. The summed E-state index contributed by atoms with van der Waals surface area (Å²) in [4.78, 5) is 23.9. The van der Waals surface area contributed by atoms with Gasteiger partial charge >= 0.3 is 12.0 Å². The molecule has 0 saturated carbocycles. The van der Waals surface area contributed by atoms with Crippen LogP contribution in [0.15, 0.2) is 66.9 Å². The number of hydrogen-bond acceptors (Lipinski definition) is 4. The van der Waals surface area contributed by atoms with E-state index < -0.39 is 12.1 Å². The number of benzene rings is 2. The number of rotatable bonds is 5. The van der Waals surface area contributed by atoms with Crippen molar-refractivity contribution in [3.8, 4) is 22.4 Å². The smallest absolute Gasteiger partial charge is 0.323 e. The molecule has 0 aliphatic carbocycles. The number of hydrogen-bond donors (Lipinski definition) is 2. The largest absolute Gasteiger partial charge is 0.462 e. The Labute approximate surface area is 174 Å². The number of aliphatic hydroxyl groups excluding tert-OH is 1. The number of nitrogens with two attached hydrogens (primary N) is 1. The molecular formula is C24H24N2O4. The van der Waals surface area contributed by atoms with Gasteiger partial charge in [0.25, 0.3) is 0 Å². The van der Waals surface area contributed by atoms with Gasteiger partial charge < -0.3 is 15.6 Å². The molecule has 2 unspecified atom stereocenters. The van der Waals surface area contributed by atoms with E-state index in [-0.39, 0.29) is 18.5 Å². The molecule has 1 aliphatic heterocycles. The van der Waals surface area contributed by atoms with Crippen LogP contribution < -0.4 is 5.73 Å². The summed E-state index contributed by atoms with van der Waals surface area (Å²) in [5.41, 5.74) is 10.2. The fourth-order valence-corrected chi connectivity index (χ4v) is 4.08. The van der Waals surface area contributed by atoms with E-state index >= 15 is 0 Å². The van der Waals surface area contributed by atoms with E-state index in [1.165, 1.54) is 4.57 Å². The normalized spacial score (nSPS) is 18.8. The number of carbonyl (C=O) groups excluding carboxylic acids is 2. The molecule has 0 bridgehead atoms. The van der Waals surface area contributed by atoms with E-state index in [1.807, 2.05) is 60.7 Å². The molecule has 1 aliphatic rings. The molecule has 1 aromatic heterocycles. The van der Waals surface area contributed by atoms with Crippen molar-refractivity contribution < 1.29 is 19.4 Å². The van der Waals surface area contributed by atoms with Crippen LogP contribution in [-0.4, -0.2) is 33.9 Å². The molecule has 0 spiro atoms. The van der Waals surface area contributed by atoms with E-state index in [0.717, 1.165) is 27.9 Å². The average molecular weight is 404 g/mol. The first-order chi connectivity index (χ1) is 14.5. The van der Waals surface area contributed by atoms with Gasteiger partial charge in [0.05, 0.1) is 18.2 Å². The Morgan fingerprint density at radius 2 is 1.70 bits per heavy atom. The van der Waals surface area contributed by atoms with Gasteiger partial charge in [-0.1, -0.05) is 60.7 Å². The molecule has 30 heavy (non-hydrogen) atoms. The number of cyclic esters (lactones) is 1. The maximum absolute atomic E-state index is 12.3. The van der Waals surface area contributed by atoms with Crippen molar-refractivity contribution in [2.75, 3.05) is 0 Å². The van der Waals surface area contributed by atoms with Crippen molar-refractivity contribution in [3.05, 3.63) is 72.4 Å². The SMILES string of the molecule is NC(=O)n1cc(CCC2CC(O)CC(=O)O2)c(-c2ccccc2)c1-c1ccccc1. The van der Waals surface area contributed by atoms with Gasteiger partial charge in [-0.2, -0.15) is 0 Å². The highest BCUT2D eigenvalue weighted by molar-refractivity contribution is 5.91. The number of carbonyl (C=O) groups is 2. The van der Waals surface area contributed by atoms with Gasteiger partial charge in [-0.05, 0) is 29.5 Å². The number of amides is 1. The summed E-state index contributed by atoms with van der Waals surface area (Å²) >= 11 is 0. The summed E-state index contributed by atoms with van der Waals surface area (Å²) in [6.07, 6.45) is 2.36. The van der Waals surface area contributed by atoms with Crippen LogP contribution in [0.2, 0.25) is 0 Å². The van der Waals surface area contributed by atoms with E-state index in [4.69, 9.17) is 10.5 Å². The van der Waals surface area contributed by atoms with E-state index in [0.29, 0.717) is 19.3 Å². The van der Waals surface area contributed by atoms with E-state index in [2.05, 4.69) is 0 Å². The molecule has 1 saturated heterocycles. The minimum absolute atomic E-state index is 0.0436. The minimum atomic E-state index is -0.667. The topological polar surface area (TPSA) is 94.5 Å². The first kappa shape index (κ1) is 19.9. The van der Waals surface area contributed by atoms with Crippen molar-refractivity contribution in [1.29, 1.82) is 0 Å². The Morgan fingerprint density at radius 3 is 2.30 bits per heavy atom. The third kappa shape index (κ3) is 4.14. The number of primary amides is 1. The highest BCUT2D eigenvalue weighted by Crippen LogP contribution is 2.37. The van der Waals surface area contributed by atoms with Crippen molar-refractivity contribution in [3.63, 3.8) is 0 Å². The number of ether oxygens (including phenoxy) is 1. The van der Waals surface area contributed by atoms with Crippen molar-refractivity contribution in [1.82, 2.24) is 4.57 Å². The molecule has 2 atom stereocenters. The highest BCUT2D eigenvalue weighted by atomic mass is 16.5. The van der Waals surface area contributed by atoms with Crippen LogP contribution in [-0.2, 0) is 16.0 Å². The molecule has 3 aromatic rings. The van der Waals surface area contributed by atoms with Crippen LogP contribution in [0.3, 0.4) is 0 Å². The maximum atomic E-state index is 12.3. The molecule has 6 nitrogen and oxygen atoms in total. The third-order valence-electron chi connectivity index (χ3n) is 5.40. The molecule has 0 radical (unpaired) electrons. The molecule has 3 N–H and O–H groups in total. The second-order valence-electron chi connectivity index (χ2n) is 7.56. The predicted octanol–water partition coefficient (Wildman–Crippen LogP) is 3.75. The van der Waals surface area contributed by atoms with Crippen molar-refractivity contribution >= 4 is 12.0 Å². The lowest BCUT2D eigenvalue weighted by Gasteiger charge is -2.25. The van der Waals surface area contributed by atoms with E-state index in [9.17, 15) is 14.7 Å². The number of aryl methyl sites for hydroxylation is 1. The zero-order valence-electron chi connectivity index (χ0n) is 16.5. The van der Waals surface area contributed by atoms with Crippen LogP contribution in [0.4, 0.5) is 4.79 Å². The van der Waals surface area contributed by atoms with Crippen molar-refractivity contribution in [2.24, 2.45) is 5.73 Å². The zero-order valence-corrected chi connectivity index (χ0v) is 16.5. The summed E-state index contributed by atoms with van der Waals surface area (Å²) < 4.78 is 6.88. The Hall–Kier alpha value is -3.38. The van der Waals surface area contributed by atoms with Gasteiger partial charge in [-0.15, -0.1) is 0 Å². The van der Waals surface area contributed by atoms with Gasteiger partial charge in [0.1, 0.15) is 6.10 Å². The lowest BCUT2D eigenvalue weighted by atomic mass is 9.93. The molecule has 2 heterocycles. The Kier molecular flexibility index (Phi) is 5.68. The maximum Gasteiger partial charge on any atom is 0.323 e. The van der Waals surface area contributed by atoms with Crippen LogP contribution in [0.25, 0.3) is 22.4 Å². The zero-order chi connectivity index (χ0) is 21.1.